The number of ether oxygens (including phenoxy) is 2. The van der Waals surface area contributed by atoms with Gasteiger partial charge in [0.15, 0.2) is 0 Å². The molecule has 18 heavy (non-hydrogen) atoms. The molecule has 0 N–H and O–H groups in total. The highest BCUT2D eigenvalue weighted by atomic mass is 16.5. The summed E-state index contributed by atoms with van der Waals surface area (Å²) in [5.74, 6) is 0. The first kappa shape index (κ1) is 17.3. The second-order valence-electron chi connectivity index (χ2n) is 5.75. The largest absolute Gasteiger partial charge is 0.375 e. The minimum Gasteiger partial charge on any atom is -0.375 e. The summed E-state index contributed by atoms with van der Waals surface area (Å²) in [6.45, 7) is 13.2. The van der Waals surface area contributed by atoms with Gasteiger partial charge in [-0.25, -0.2) is 0 Å². The highest BCUT2D eigenvalue weighted by Gasteiger charge is 2.22. The molecule has 0 saturated carbocycles. The van der Waals surface area contributed by atoms with Gasteiger partial charge in [0.05, 0.1) is 24.4 Å². The fraction of sp³-hybridized carbons (Fsp3) is 0.800. The van der Waals surface area contributed by atoms with E-state index in [1.165, 1.54) is 0 Å². The Bertz CT molecular complexity index is 244. The van der Waals surface area contributed by atoms with Gasteiger partial charge in [-0.1, -0.05) is 6.08 Å². The van der Waals surface area contributed by atoms with Crippen LogP contribution in [0.4, 0.5) is 0 Å². The van der Waals surface area contributed by atoms with Gasteiger partial charge in [-0.3, -0.25) is 0 Å². The van der Waals surface area contributed by atoms with Crippen LogP contribution in [0.3, 0.4) is 0 Å². The van der Waals surface area contributed by atoms with E-state index in [1.54, 1.807) is 0 Å². The summed E-state index contributed by atoms with van der Waals surface area (Å²) in [6, 6.07) is 0. The van der Waals surface area contributed by atoms with Gasteiger partial charge in [0.2, 0.25) is 0 Å². The third kappa shape index (κ3) is 9.37. The van der Waals surface area contributed by atoms with E-state index in [0.29, 0.717) is 19.6 Å². The molecule has 0 fully saturated rings. The number of carbonyl (C=O) groups is 1. The molecule has 0 saturated heterocycles. The normalized spacial score (nSPS) is 12.4. The van der Waals surface area contributed by atoms with Crippen molar-refractivity contribution < 1.29 is 14.3 Å². The summed E-state index contributed by atoms with van der Waals surface area (Å²) in [4.78, 5) is 10.3. The van der Waals surface area contributed by atoms with Crippen LogP contribution in [0.1, 0.15) is 53.4 Å². The maximum absolute atomic E-state index is 10.3. The van der Waals surface area contributed by atoms with Crippen molar-refractivity contribution >= 4 is 6.29 Å². The van der Waals surface area contributed by atoms with Crippen LogP contribution in [-0.2, 0) is 14.3 Å². The Morgan fingerprint density at radius 1 is 0.944 bits per heavy atom. The van der Waals surface area contributed by atoms with E-state index in [2.05, 4.69) is 20.4 Å². The van der Waals surface area contributed by atoms with Gasteiger partial charge in [-0.2, -0.15) is 0 Å². The first-order chi connectivity index (χ1) is 8.33. The van der Waals surface area contributed by atoms with Crippen molar-refractivity contribution in [1.29, 1.82) is 0 Å². The fourth-order valence-corrected chi connectivity index (χ4v) is 1.54. The first-order valence-corrected chi connectivity index (χ1v) is 6.65. The zero-order chi connectivity index (χ0) is 14.1. The molecule has 0 aromatic heterocycles. The lowest BCUT2D eigenvalue weighted by molar-refractivity contribution is -0.110. The SMILES string of the molecule is C=CCCOC(C)(C)CCOC(C)(C)CCC=O. The number of hydrogen-bond acceptors (Lipinski definition) is 3. The molecular formula is C15H28O3. The van der Waals surface area contributed by atoms with E-state index in [0.717, 1.165) is 25.5 Å². The lowest BCUT2D eigenvalue weighted by Gasteiger charge is -2.29. The summed E-state index contributed by atoms with van der Waals surface area (Å²) in [6.07, 6.45) is 5.81. The number of hydrogen-bond donors (Lipinski definition) is 0. The quantitative estimate of drug-likeness (QED) is 0.322. The van der Waals surface area contributed by atoms with Crippen LogP contribution in [0.15, 0.2) is 12.7 Å². The van der Waals surface area contributed by atoms with Gasteiger partial charge in [0.25, 0.3) is 0 Å². The molecule has 0 aromatic rings. The number of carbonyl (C=O) groups excluding carboxylic acids is 1. The molecule has 0 spiro atoms. The standard InChI is InChI=1S/C15H28O3/c1-6-7-12-17-15(4,5)10-13-18-14(2,3)9-8-11-16/h6,11H,1,7-10,12-13H2,2-5H3. The fourth-order valence-electron chi connectivity index (χ4n) is 1.54. The monoisotopic (exact) mass is 256 g/mol. The van der Waals surface area contributed by atoms with Crippen LogP contribution in [0.2, 0.25) is 0 Å². The van der Waals surface area contributed by atoms with E-state index in [9.17, 15) is 4.79 Å². The van der Waals surface area contributed by atoms with Gasteiger partial charge in [0.1, 0.15) is 6.29 Å². The van der Waals surface area contributed by atoms with E-state index >= 15 is 0 Å². The average Bonchev–Trinajstić information content (AvgIpc) is 2.26. The predicted octanol–water partition coefficient (Wildman–Crippen LogP) is 3.52. The zero-order valence-electron chi connectivity index (χ0n) is 12.3. The van der Waals surface area contributed by atoms with Crippen molar-refractivity contribution in [3.63, 3.8) is 0 Å². The van der Waals surface area contributed by atoms with Crippen LogP contribution in [0, 0.1) is 0 Å². The highest BCUT2D eigenvalue weighted by molar-refractivity contribution is 5.49. The van der Waals surface area contributed by atoms with Crippen LogP contribution in [-0.4, -0.2) is 30.7 Å². The van der Waals surface area contributed by atoms with Crippen molar-refractivity contribution in [1.82, 2.24) is 0 Å². The van der Waals surface area contributed by atoms with Crippen molar-refractivity contribution in [2.45, 2.75) is 64.6 Å². The molecule has 0 atom stereocenters. The van der Waals surface area contributed by atoms with Crippen LogP contribution in [0.25, 0.3) is 0 Å². The minimum absolute atomic E-state index is 0.177. The third-order valence-corrected chi connectivity index (χ3v) is 2.88. The minimum atomic E-state index is -0.238. The molecule has 0 rings (SSSR count). The second kappa shape index (κ2) is 8.44. The lowest BCUT2D eigenvalue weighted by Crippen LogP contribution is -2.31. The van der Waals surface area contributed by atoms with Crippen molar-refractivity contribution in [3.05, 3.63) is 12.7 Å². The Kier molecular flexibility index (Phi) is 8.12. The molecule has 0 heterocycles. The van der Waals surface area contributed by atoms with Crippen molar-refractivity contribution in [2.24, 2.45) is 0 Å². The number of rotatable bonds is 11. The summed E-state index contributed by atoms with van der Waals surface area (Å²) >= 11 is 0. The molecule has 3 nitrogen and oxygen atoms in total. The average molecular weight is 256 g/mol. The molecule has 3 heteroatoms. The van der Waals surface area contributed by atoms with E-state index in [4.69, 9.17) is 9.47 Å². The van der Waals surface area contributed by atoms with E-state index < -0.39 is 0 Å². The smallest absolute Gasteiger partial charge is 0.120 e. The summed E-state index contributed by atoms with van der Waals surface area (Å²) in [5.41, 5.74) is -0.415. The molecule has 0 unspecified atom stereocenters. The Labute approximate surface area is 112 Å². The first-order valence-electron chi connectivity index (χ1n) is 6.65. The maximum atomic E-state index is 10.3. The third-order valence-electron chi connectivity index (χ3n) is 2.88. The number of aldehydes is 1. The van der Waals surface area contributed by atoms with E-state index in [-0.39, 0.29) is 11.2 Å². The van der Waals surface area contributed by atoms with Gasteiger partial charge >= 0.3 is 0 Å². The van der Waals surface area contributed by atoms with E-state index in [1.807, 2.05) is 19.9 Å². The molecule has 0 aromatic carbocycles. The summed E-state index contributed by atoms with van der Waals surface area (Å²) in [7, 11) is 0. The summed E-state index contributed by atoms with van der Waals surface area (Å²) < 4.78 is 11.6. The van der Waals surface area contributed by atoms with Crippen molar-refractivity contribution in [2.75, 3.05) is 13.2 Å². The summed E-state index contributed by atoms with van der Waals surface area (Å²) in [5, 5.41) is 0. The van der Waals surface area contributed by atoms with Crippen LogP contribution >= 0.6 is 0 Å². The molecule has 0 radical (unpaired) electrons. The van der Waals surface area contributed by atoms with Crippen LogP contribution < -0.4 is 0 Å². The maximum Gasteiger partial charge on any atom is 0.120 e. The Morgan fingerprint density at radius 2 is 1.50 bits per heavy atom. The molecule has 0 aliphatic rings. The highest BCUT2D eigenvalue weighted by Crippen LogP contribution is 2.20. The predicted molar refractivity (Wildman–Crippen MR) is 74.8 cm³/mol. The Hall–Kier alpha value is -0.670. The molecule has 0 amide bonds. The molecular weight excluding hydrogens is 228 g/mol. The molecule has 0 aliphatic heterocycles. The van der Waals surface area contributed by atoms with Crippen LogP contribution in [0.5, 0.6) is 0 Å². The van der Waals surface area contributed by atoms with Gasteiger partial charge in [0, 0.05) is 6.42 Å². The van der Waals surface area contributed by atoms with Gasteiger partial charge in [-0.15, -0.1) is 6.58 Å². The molecule has 106 valence electrons. The Balaban J connectivity index is 3.86. The zero-order valence-corrected chi connectivity index (χ0v) is 12.3. The van der Waals surface area contributed by atoms with Gasteiger partial charge < -0.3 is 14.3 Å². The Morgan fingerprint density at radius 3 is 2.06 bits per heavy atom. The topological polar surface area (TPSA) is 35.5 Å². The van der Waals surface area contributed by atoms with Crippen molar-refractivity contribution in [3.8, 4) is 0 Å². The van der Waals surface area contributed by atoms with Gasteiger partial charge in [-0.05, 0) is 47.0 Å². The second-order valence-corrected chi connectivity index (χ2v) is 5.75. The molecule has 0 bridgehead atoms. The molecule has 0 aliphatic carbocycles. The lowest BCUT2D eigenvalue weighted by atomic mass is 10.0.